The average molecular weight is 242 g/mol. The van der Waals surface area contributed by atoms with Crippen LogP contribution in [0.15, 0.2) is 42.5 Å². The van der Waals surface area contributed by atoms with Gasteiger partial charge < -0.3 is 10.2 Å². The first-order valence-electron chi connectivity index (χ1n) is 6.41. The lowest BCUT2D eigenvalue weighted by Crippen LogP contribution is -2.46. The zero-order chi connectivity index (χ0) is 13.2. The Morgan fingerprint density at radius 3 is 2.39 bits per heavy atom. The van der Waals surface area contributed by atoms with Gasteiger partial charge in [0.25, 0.3) is 0 Å². The lowest BCUT2D eigenvalue weighted by molar-refractivity contribution is 0.428. The summed E-state index contributed by atoms with van der Waals surface area (Å²) in [7, 11) is 4.15. The van der Waals surface area contributed by atoms with Gasteiger partial charge >= 0.3 is 0 Å². The highest BCUT2D eigenvalue weighted by Gasteiger charge is 2.17. The highest BCUT2D eigenvalue weighted by Crippen LogP contribution is 2.22. The van der Waals surface area contributed by atoms with E-state index in [9.17, 15) is 0 Å². The Morgan fingerprint density at radius 2 is 1.72 bits per heavy atom. The third-order valence-electron chi connectivity index (χ3n) is 3.48. The molecule has 0 spiro atoms. The van der Waals surface area contributed by atoms with Crippen LogP contribution < -0.4 is 10.2 Å². The Labute approximate surface area is 110 Å². The van der Waals surface area contributed by atoms with Gasteiger partial charge in [-0.1, -0.05) is 30.3 Å². The van der Waals surface area contributed by atoms with Gasteiger partial charge in [-0.2, -0.15) is 0 Å². The van der Waals surface area contributed by atoms with Crippen molar-refractivity contribution in [3.8, 4) is 0 Å². The number of benzene rings is 2. The smallest absolute Gasteiger partial charge is 0.0370 e. The molecule has 0 atom stereocenters. The van der Waals surface area contributed by atoms with E-state index in [2.05, 4.69) is 73.6 Å². The summed E-state index contributed by atoms with van der Waals surface area (Å²) in [4.78, 5) is 2.29. The maximum Gasteiger partial charge on any atom is 0.0370 e. The molecule has 18 heavy (non-hydrogen) atoms. The molecule has 0 radical (unpaired) electrons. The van der Waals surface area contributed by atoms with E-state index in [0.717, 1.165) is 6.54 Å². The first-order valence-corrected chi connectivity index (χ1v) is 6.41. The maximum atomic E-state index is 3.34. The Hall–Kier alpha value is -1.54. The van der Waals surface area contributed by atoms with Gasteiger partial charge in [0.15, 0.2) is 0 Å². The minimum absolute atomic E-state index is 0.112. The molecule has 1 N–H and O–H groups in total. The summed E-state index contributed by atoms with van der Waals surface area (Å²) in [5.74, 6) is 0. The molecule has 2 aromatic carbocycles. The third-order valence-corrected chi connectivity index (χ3v) is 3.48. The van der Waals surface area contributed by atoms with Crippen LogP contribution in [0.2, 0.25) is 0 Å². The standard InChI is InChI=1S/C16H22N2/c1-16(2,17-3)12-18(4)15-10-9-13-7-5-6-8-14(13)11-15/h5-11,17H,12H2,1-4H3. The minimum atomic E-state index is 0.112. The number of rotatable bonds is 4. The fourth-order valence-corrected chi connectivity index (χ4v) is 2.18. The number of likely N-dealkylation sites (N-methyl/N-ethyl adjacent to an activating group) is 2. The molecule has 2 aromatic rings. The predicted octanol–water partition coefficient (Wildman–Crippen LogP) is 3.27. The molecule has 0 unspecified atom stereocenters. The van der Waals surface area contributed by atoms with E-state index in [4.69, 9.17) is 0 Å². The highest BCUT2D eigenvalue weighted by molar-refractivity contribution is 5.85. The third kappa shape index (κ3) is 2.82. The molecule has 0 heterocycles. The van der Waals surface area contributed by atoms with Crippen LogP contribution in [-0.2, 0) is 0 Å². The molecule has 0 saturated carbocycles. The second-order valence-electron chi connectivity index (χ2n) is 5.52. The minimum Gasteiger partial charge on any atom is -0.373 e. The van der Waals surface area contributed by atoms with Crippen LogP contribution in [0.4, 0.5) is 5.69 Å². The Morgan fingerprint density at radius 1 is 1.06 bits per heavy atom. The normalized spacial score (nSPS) is 11.8. The summed E-state index contributed by atoms with van der Waals surface area (Å²) in [5, 5.41) is 5.93. The molecule has 0 aromatic heterocycles. The lowest BCUT2D eigenvalue weighted by Gasteiger charge is -2.31. The number of fused-ring (bicyclic) bond motifs is 1. The van der Waals surface area contributed by atoms with E-state index in [1.54, 1.807) is 0 Å². The number of hydrogen-bond acceptors (Lipinski definition) is 2. The van der Waals surface area contributed by atoms with Crippen LogP contribution in [0.3, 0.4) is 0 Å². The van der Waals surface area contributed by atoms with Crippen LogP contribution in [0.1, 0.15) is 13.8 Å². The summed E-state index contributed by atoms with van der Waals surface area (Å²) in [6.45, 7) is 5.40. The van der Waals surface area contributed by atoms with Crippen LogP contribution in [0.25, 0.3) is 10.8 Å². The second kappa shape index (κ2) is 4.99. The zero-order valence-corrected chi connectivity index (χ0v) is 11.7. The van der Waals surface area contributed by atoms with E-state index >= 15 is 0 Å². The number of nitrogens with one attached hydrogen (secondary N) is 1. The monoisotopic (exact) mass is 242 g/mol. The molecule has 0 aliphatic carbocycles. The molecule has 2 rings (SSSR count). The van der Waals surface area contributed by atoms with Crippen molar-refractivity contribution in [2.45, 2.75) is 19.4 Å². The first-order chi connectivity index (χ1) is 8.52. The van der Waals surface area contributed by atoms with Crippen LogP contribution in [-0.4, -0.2) is 26.2 Å². The summed E-state index contributed by atoms with van der Waals surface area (Å²) in [6, 6.07) is 15.1. The van der Waals surface area contributed by atoms with Crippen molar-refractivity contribution < 1.29 is 0 Å². The quantitative estimate of drug-likeness (QED) is 0.885. The fraction of sp³-hybridized carbons (Fsp3) is 0.375. The van der Waals surface area contributed by atoms with Crippen molar-refractivity contribution in [3.63, 3.8) is 0 Å². The van der Waals surface area contributed by atoms with Gasteiger partial charge in [-0.3, -0.25) is 0 Å². The van der Waals surface area contributed by atoms with Crippen LogP contribution in [0.5, 0.6) is 0 Å². The van der Waals surface area contributed by atoms with Crippen molar-refractivity contribution in [2.75, 3.05) is 25.5 Å². The van der Waals surface area contributed by atoms with Gasteiger partial charge in [-0.25, -0.2) is 0 Å². The van der Waals surface area contributed by atoms with Gasteiger partial charge in [-0.05, 0) is 43.8 Å². The van der Waals surface area contributed by atoms with Crippen molar-refractivity contribution in [1.82, 2.24) is 5.32 Å². The predicted molar refractivity (Wildman–Crippen MR) is 80.4 cm³/mol. The molecule has 96 valence electrons. The summed E-state index contributed by atoms with van der Waals surface area (Å²) in [6.07, 6.45) is 0. The summed E-state index contributed by atoms with van der Waals surface area (Å²) in [5.41, 5.74) is 1.37. The largest absolute Gasteiger partial charge is 0.373 e. The van der Waals surface area contributed by atoms with E-state index in [1.165, 1.54) is 16.5 Å². The van der Waals surface area contributed by atoms with E-state index in [-0.39, 0.29) is 5.54 Å². The topological polar surface area (TPSA) is 15.3 Å². The van der Waals surface area contributed by atoms with Crippen molar-refractivity contribution in [1.29, 1.82) is 0 Å². The van der Waals surface area contributed by atoms with Gasteiger partial charge in [0.1, 0.15) is 0 Å². The number of anilines is 1. The average Bonchev–Trinajstić information content (AvgIpc) is 2.37. The van der Waals surface area contributed by atoms with Gasteiger partial charge in [-0.15, -0.1) is 0 Å². The van der Waals surface area contributed by atoms with Gasteiger partial charge in [0.2, 0.25) is 0 Å². The molecular formula is C16H22N2. The zero-order valence-electron chi connectivity index (χ0n) is 11.7. The molecule has 0 bridgehead atoms. The number of hydrogen-bond donors (Lipinski definition) is 1. The molecular weight excluding hydrogens is 220 g/mol. The van der Waals surface area contributed by atoms with E-state index < -0.39 is 0 Å². The Kier molecular flexibility index (Phi) is 3.58. The van der Waals surface area contributed by atoms with Gasteiger partial charge in [0.05, 0.1) is 0 Å². The summed E-state index contributed by atoms with van der Waals surface area (Å²) < 4.78 is 0. The second-order valence-corrected chi connectivity index (χ2v) is 5.52. The van der Waals surface area contributed by atoms with Crippen LogP contribution >= 0.6 is 0 Å². The lowest BCUT2D eigenvalue weighted by atomic mass is 10.0. The van der Waals surface area contributed by atoms with E-state index in [0.29, 0.717) is 0 Å². The molecule has 0 amide bonds. The van der Waals surface area contributed by atoms with Crippen molar-refractivity contribution >= 4 is 16.5 Å². The van der Waals surface area contributed by atoms with Crippen LogP contribution in [0, 0.1) is 0 Å². The van der Waals surface area contributed by atoms with Crippen molar-refractivity contribution in [3.05, 3.63) is 42.5 Å². The highest BCUT2D eigenvalue weighted by atomic mass is 15.1. The Balaban J connectivity index is 2.25. The molecule has 2 nitrogen and oxygen atoms in total. The molecule has 0 aliphatic rings. The summed E-state index contributed by atoms with van der Waals surface area (Å²) >= 11 is 0. The molecule has 0 fully saturated rings. The fourth-order valence-electron chi connectivity index (χ4n) is 2.18. The van der Waals surface area contributed by atoms with Gasteiger partial charge in [0, 0.05) is 24.8 Å². The molecule has 2 heteroatoms. The van der Waals surface area contributed by atoms with Crippen molar-refractivity contribution in [2.24, 2.45) is 0 Å². The maximum absolute atomic E-state index is 3.34. The number of nitrogens with zero attached hydrogens (tertiary/aromatic N) is 1. The molecule has 0 saturated heterocycles. The SMILES string of the molecule is CNC(C)(C)CN(C)c1ccc2ccccc2c1. The molecule has 0 aliphatic heterocycles. The van der Waals surface area contributed by atoms with E-state index in [1.807, 2.05) is 7.05 Å². The first kappa shape index (κ1) is 12.9. The Bertz CT molecular complexity index is 531.